The van der Waals surface area contributed by atoms with Crippen LogP contribution in [0.1, 0.15) is 24.0 Å². The first kappa shape index (κ1) is 20.2. The maximum absolute atomic E-state index is 12.8. The van der Waals surface area contributed by atoms with Gasteiger partial charge in [-0.1, -0.05) is 24.3 Å². The number of nitrogens with zero attached hydrogens (tertiary/aromatic N) is 1. The lowest BCUT2D eigenvalue weighted by atomic mass is 10.0. The number of hydrogen-bond acceptors (Lipinski definition) is 5. The van der Waals surface area contributed by atoms with E-state index in [0.29, 0.717) is 6.42 Å². The standard InChI is InChI=1S/C23H29N5O2/c1-15-4-2-5-16-12-20(27-22(15)16)23(30)26-18-6-3-7-19(13-18)28-10-8-17(9-11-28)25-21(29)14-24/h2-7,13,17,20,27H,8-12,14,24H2,1H3,(H,25,29)(H,26,30). The molecule has 4 rings (SSSR count). The van der Waals surface area contributed by atoms with Crippen molar-refractivity contribution < 1.29 is 9.59 Å². The fraction of sp³-hybridized carbons (Fsp3) is 0.391. The quantitative estimate of drug-likeness (QED) is 0.608. The zero-order chi connectivity index (χ0) is 21.1. The van der Waals surface area contributed by atoms with E-state index in [-0.39, 0.29) is 30.4 Å². The molecule has 30 heavy (non-hydrogen) atoms. The molecule has 1 fully saturated rings. The van der Waals surface area contributed by atoms with Gasteiger partial charge in [0.2, 0.25) is 11.8 Å². The van der Waals surface area contributed by atoms with Gasteiger partial charge in [-0.15, -0.1) is 0 Å². The smallest absolute Gasteiger partial charge is 0.247 e. The van der Waals surface area contributed by atoms with Crippen LogP contribution >= 0.6 is 0 Å². The highest BCUT2D eigenvalue weighted by Crippen LogP contribution is 2.30. The predicted octanol–water partition coefficient (Wildman–Crippen LogP) is 2.01. The highest BCUT2D eigenvalue weighted by Gasteiger charge is 2.28. The van der Waals surface area contributed by atoms with Crippen LogP contribution in [-0.2, 0) is 16.0 Å². The van der Waals surface area contributed by atoms with Crippen LogP contribution < -0.4 is 26.6 Å². The molecule has 2 amide bonds. The maximum atomic E-state index is 12.8. The van der Waals surface area contributed by atoms with Gasteiger partial charge in [0.1, 0.15) is 6.04 Å². The van der Waals surface area contributed by atoms with Crippen molar-refractivity contribution >= 4 is 28.9 Å². The van der Waals surface area contributed by atoms with E-state index in [4.69, 9.17) is 5.73 Å². The van der Waals surface area contributed by atoms with Crippen LogP contribution in [0, 0.1) is 6.92 Å². The summed E-state index contributed by atoms with van der Waals surface area (Å²) >= 11 is 0. The van der Waals surface area contributed by atoms with Gasteiger partial charge in [-0.3, -0.25) is 9.59 Å². The van der Waals surface area contributed by atoms with Gasteiger partial charge in [0, 0.05) is 42.6 Å². The van der Waals surface area contributed by atoms with Gasteiger partial charge in [-0.25, -0.2) is 0 Å². The number of amides is 2. The summed E-state index contributed by atoms with van der Waals surface area (Å²) in [5.74, 6) is -0.123. The number of para-hydroxylation sites is 1. The molecule has 7 nitrogen and oxygen atoms in total. The Labute approximate surface area is 177 Å². The number of anilines is 3. The lowest BCUT2D eigenvalue weighted by Crippen LogP contribution is -2.46. The fourth-order valence-electron chi connectivity index (χ4n) is 4.29. The maximum Gasteiger partial charge on any atom is 0.247 e. The van der Waals surface area contributed by atoms with E-state index in [9.17, 15) is 9.59 Å². The van der Waals surface area contributed by atoms with E-state index >= 15 is 0 Å². The van der Waals surface area contributed by atoms with Crippen LogP contribution in [0.2, 0.25) is 0 Å². The van der Waals surface area contributed by atoms with Gasteiger partial charge in [-0.05, 0) is 49.1 Å². The van der Waals surface area contributed by atoms with Crippen LogP contribution in [-0.4, -0.2) is 43.5 Å². The largest absolute Gasteiger partial charge is 0.373 e. The lowest BCUT2D eigenvalue weighted by molar-refractivity contribution is -0.120. The highest BCUT2D eigenvalue weighted by atomic mass is 16.2. The summed E-state index contributed by atoms with van der Waals surface area (Å²) in [5.41, 5.74) is 10.7. The summed E-state index contributed by atoms with van der Waals surface area (Å²) in [6.45, 7) is 3.79. The summed E-state index contributed by atoms with van der Waals surface area (Å²) in [5, 5.41) is 9.39. The molecule has 7 heteroatoms. The topological polar surface area (TPSA) is 99.5 Å². The highest BCUT2D eigenvalue weighted by molar-refractivity contribution is 5.98. The Bertz CT molecular complexity index is 937. The number of piperidine rings is 1. The van der Waals surface area contributed by atoms with E-state index < -0.39 is 0 Å². The van der Waals surface area contributed by atoms with E-state index in [1.807, 2.05) is 24.3 Å². The van der Waals surface area contributed by atoms with Crippen molar-refractivity contribution in [1.29, 1.82) is 0 Å². The van der Waals surface area contributed by atoms with Crippen molar-refractivity contribution in [2.45, 2.75) is 38.3 Å². The molecule has 2 heterocycles. The Morgan fingerprint density at radius 2 is 1.93 bits per heavy atom. The number of rotatable bonds is 5. The molecule has 2 aromatic carbocycles. The normalized spacial score (nSPS) is 18.5. The molecule has 158 valence electrons. The second kappa shape index (κ2) is 8.75. The second-order valence-corrected chi connectivity index (χ2v) is 8.08. The molecule has 0 saturated carbocycles. The van der Waals surface area contributed by atoms with Gasteiger partial charge >= 0.3 is 0 Å². The number of aryl methyl sites for hydroxylation is 1. The van der Waals surface area contributed by atoms with E-state index in [1.165, 1.54) is 5.56 Å². The van der Waals surface area contributed by atoms with E-state index in [2.05, 4.69) is 46.0 Å². The Morgan fingerprint density at radius 3 is 2.67 bits per heavy atom. The van der Waals surface area contributed by atoms with E-state index in [0.717, 1.165) is 48.6 Å². The molecule has 0 aromatic heterocycles. The Balaban J connectivity index is 1.35. The van der Waals surface area contributed by atoms with Gasteiger partial charge in [0.05, 0.1) is 6.54 Å². The summed E-state index contributed by atoms with van der Waals surface area (Å²) < 4.78 is 0. The molecule has 2 aliphatic heterocycles. The van der Waals surface area contributed by atoms with Crippen molar-refractivity contribution in [3.8, 4) is 0 Å². The average Bonchev–Trinajstić information content (AvgIpc) is 3.20. The van der Waals surface area contributed by atoms with Gasteiger partial charge in [0.15, 0.2) is 0 Å². The molecule has 1 unspecified atom stereocenters. The van der Waals surface area contributed by atoms with Crippen molar-refractivity contribution in [3.63, 3.8) is 0 Å². The molecular formula is C23H29N5O2. The van der Waals surface area contributed by atoms with Crippen LogP contribution in [0.3, 0.4) is 0 Å². The van der Waals surface area contributed by atoms with Crippen molar-refractivity contribution in [2.75, 3.05) is 35.2 Å². The minimum absolute atomic E-state index is 0.0223. The zero-order valence-corrected chi connectivity index (χ0v) is 17.3. The third-order valence-electron chi connectivity index (χ3n) is 5.94. The SMILES string of the molecule is Cc1cccc2c1NC(C(=O)Nc1cccc(N3CCC(NC(=O)CN)CC3)c1)C2. The summed E-state index contributed by atoms with van der Waals surface area (Å²) in [7, 11) is 0. The molecule has 0 aliphatic carbocycles. The number of carbonyl (C=O) groups excluding carboxylic acids is 2. The Hall–Kier alpha value is -3.06. The van der Waals surface area contributed by atoms with Gasteiger partial charge in [-0.2, -0.15) is 0 Å². The number of hydrogen-bond donors (Lipinski definition) is 4. The first-order valence-corrected chi connectivity index (χ1v) is 10.5. The summed E-state index contributed by atoms with van der Waals surface area (Å²) in [6.07, 6.45) is 2.46. The molecule has 5 N–H and O–H groups in total. The van der Waals surface area contributed by atoms with Gasteiger partial charge < -0.3 is 26.6 Å². The van der Waals surface area contributed by atoms with Crippen molar-refractivity contribution in [1.82, 2.24) is 5.32 Å². The van der Waals surface area contributed by atoms with Crippen LogP contribution in [0.5, 0.6) is 0 Å². The fourth-order valence-corrected chi connectivity index (χ4v) is 4.29. The molecule has 1 saturated heterocycles. The zero-order valence-electron chi connectivity index (χ0n) is 17.3. The molecule has 2 aliphatic rings. The van der Waals surface area contributed by atoms with Gasteiger partial charge in [0.25, 0.3) is 0 Å². The molecule has 0 spiro atoms. The molecule has 2 aromatic rings. The van der Waals surface area contributed by atoms with Crippen molar-refractivity contribution in [2.24, 2.45) is 5.73 Å². The summed E-state index contributed by atoms with van der Waals surface area (Å²) in [4.78, 5) is 26.6. The third-order valence-corrected chi connectivity index (χ3v) is 5.94. The van der Waals surface area contributed by atoms with E-state index in [1.54, 1.807) is 0 Å². The average molecular weight is 408 g/mol. The first-order chi connectivity index (χ1) is 14.5. The second-order valence-electron chi connectivity index (χ2n) is 8.08. The molecule has 0 bridgehead atoms. The predicted molar refractivity (Wildman–Crippen MR) is 120 cm³/mol. The monoisotopic (exact) mass is 407 g/mol. The van der Waals surface area contributed by atoms with Crippen LogP contribution in [0.4, 0.5) is 17.1 Å². The minimum atomic E-state index is -0.258. The number of fused-ring (bicyclic) bond motifs is 1. The minimum Gasteiger partial charge on any atom is -0.373 e. The molecular weight excluding hydrogens is 378 g/mol. The van der Waals surface area contributed by atoms with Crippen LogP contribution in [0.15, 0.2) is 42.5 Å². The Morgan fingerprint density at radius 1 is 1.17 bits per heavy atom. The molecule has 0 radical (unpaired) electrons. The third kappa shape index (κ3) is 4.41. The number of carbonyl (C=O) groups is 2. The Kier molecular flexibility index (Phi) is 5.90. The summed E-state index contributed by atoms with van der Waals surface area (Å²) in [6, 6.07) is 14.0. The first-order valence-electron chi connectivity index (χ1n) is 10.5. The molecule has 1 atom stereocenters. The van der Waals surface area contributed by atoms with Crippen molar-refractivity contribution in [3.05, 3.63) is 53.6 Å². The number of nitrogens with two attached hydrogens (primary N) is 1. The number of nitrogens with one attached hydrogen (secondary N) is 3. The number of benzene rings is 2. The van der Waals surface area contributed by atoms with Crippen LogP contribution in [0.25, 0.3) is 0 Å². The lowest BCUT2D eigenvalue weighted by Gasteiger charge is -2.34.